The van der Waals surface area contributed by atoms with E-state index in [1.54, 1.807) is 0 Å². The summed E-state index contributed by atoms with van der Waals surface area (Å²) in [5, 5.41) is 3.39. The lowest BCUT2D eigenvalue weighted by Crippen LogP contribution is -2.28. The van der Waals surface area contributed by atoms with Crippen molar-refractivity contribution in [3.05, 3.63) is 0 Å². The highest BCUT2D eigenvalue weighted by molar-refractivity contribution is 4.67. The molecule has 1 unspecified atom stereocenters. The molecule has 0 amide bonds. The van der Waals surface area contributed by atoms with Crippen molar-refractivity contribution >= 4 is 0 Å². The maximum atomic E-state index is 5.81. The van der Waals surface area contributed by atoms with E-state index in [2.05, 4.69) is 19.2 Å². The van der Waals surface area contributed by atoms with Crippen LogP contribution in [0.25, 0.3) is 0 Å². The molecule has 1 rings (SSSR count). The van der Waals surface area contributed by atoms with Gasteiger partial charge in [-0.2, -0.15) is 0 Å². The third kappa shape index (κ3) is 4.97. The average Bonchev–Trinajstić information content (AvgIpc) is 2.68. The van der Waals surface area contributed by atoms with E-state index in [-0.39, 0.29) is 0 Å². The molecule has 1 aliphatic rings. The standard InChI is InChI=1S/C12H25NO/c1-3-8-13-9-11(2)14-10-12-6-4-5-7-12/h11-13H,3-10H2,1-2H3. The summed E-state index contributed by atoms with van der Waals surface area (Å²) in [6.07, 6.45) is 7.18. The summed E-state index contributed by atoms with van der Waals surface area (Å²) in [5.74, 6) is 0.851. The Bertz CT molecular complexity index is 132. The van der Waals surface area contributed by atoms with Crippen LogP contribution in [0.1, 0.15) is 46.0 Å². The van der Waals surface area contributed by atoms with Gasteiger partial charge >= 0.3 is 0 Å². The summed E-state index contributed by atoms with van der Waals surface area (Å²) in [6.45, 7) is 7.45. The van der Waals surface area contributed by atoms with Crippen molar-refractivity contribution in [2.75, 3.05) is 19.7 Å². The van der Waals surface area contributed by atoms with Gasteiger partial charge in [0.05, 0.1) is 6.10 Å². The van der Waals surface area contributed by atoms with Crippen molar-refractivity contribution in [2.24, 2.45) is 5.92 Å². The molecule has 0 radical (unpaired) electrons. The van der Waals surface area contributed by atoms with Crippen LogP contribution < -0.4 is 5.32 Å². The third-order valence-electron chi connectivity index (χ3n) is 2.95. The van der Waals surface area contributed by atoms with E-state index >= 15 is 0 Å². The Morgan fingerprint density at radius 1 is 1.36 bits per heavy atom. The summed E-state index contributed by atoms with van der Waals surface area (Å²) in [5.41, 5.74) is 0. The van der Waals surface area contributed by atoms with Crippen molar-refractivity contribution in [3.8, 4) is 0 Å². The quantitative estimate of drug-likeness (QED) is 0.636. The fraction of sp³-hybridized carbons (Fsp3) is 1.00. The van der Waals surface area contributed by atoms with Gasteiger partial charge in [0.15, 0.2) is 0 Å². The van der Waals surface area contributed by atoms with Gasteiger partial charge in [0.2, 0.25) is 0 Å². The zero-order valence-corrected chi connectivity index (χ0v) is 9.72. The number of ether oxygens (including phenoxy) is 1. The van der Waals surface area contributed by atoms with E-state index in [0.29, 0.717) is 6.10 Å². The second kappa shape index (κ2) is 7.24. The fourth-order valence-electron chi connectivity index (χ4n) is 2.02. The van der Waals surface area contributed by atoms with E-state index in [1.807, 2.05) is 0 Å². The molecule has 14 heavy (non-hydrogen) atoms. The second-order valence-corrected chi connectivity index (χ2v) is 4.50. The highest BCUT2D eigenvalue weighted by Crippen LogP contribution is 2.24. The first kappa shape index (κ1) is 12.0. The minimum Gasteiger partial charge on any atom is -0.377 e. The first-order valence-electron chi connectivity index (χ1n) is 6.15. The van der Waals surface area contributed by atoms with Gasteiger partial charge in [-0.1, -0.05) is 19.8 Å². The smallest absolute Gasteiger partial charge is 0.0671 e. The molecule has 0 heterocycles. The van der Waals surface area contributed by atoms with Gasteiger partial charge in [0.25, 0.3) is 0 Å². The molecule has 2 heteroatoms. The van der Waals surface area contributed by atoms with Crippen molar-refractivity contribution in [1.29, 1.82) is 0 Å². The fourth-order valence-corrected chi connectivity index (χ4v) is 2.02. The number of hydrogen-bond acceptors (Lipinski definition) is 2. The van der Waals surface area contributed by atoms with Gasteiger partial charge in [-0.3, -0.25) is 0 Å². The second-order valence-electron chi connectivity index (χ2n) is 4.50. The Kier molecular flexibility index (Phi) is 6.20. The molecule has 0 aromatic carbocycles. The highest BCUT2D eigenvalue weighted by atomic mass is 16.5. The van der Waals surface area contributed by atoms with Gasteiger partial charge < -0.3 is 10.1 Å². The van der Waals surface area contributed by atoms with Crippen LogP contribution in [0.4, 0.5) is 0 Å². The summed E-state index contributed by atoms with van der Waals surface area (Å²) >= 11 is 0. The van der Waals surface area contributed by atoms with Gasteiger partial charge in [-0.15, -0.1) is 0 Å². The number of hydrogen-bond donors (Lipinski definition) is 1. The molecule has 1 atom stereocenters. The Hall–Kier alpha value is -0.0800. The lowest BCUT2D eigenvalue weighted by molar-refractivity contribution is 0.0419. The third-order valence-corrected chi connectivity index (χ3v) is 2.95. The molecular formula is C12H25NO. The monoisotopic (exact) mass is 199 g/mol. The van der Waals surface area contributed by atoms with Crippen LogP contribution in [-0.2, 0) is 4.74 Å². The van der Waals surface area contributed by atoms with Crippen LogP contribution in [0.2, 0.25) is 0 Å². The Labute approximate surface area is 88.4 Å². The van der Waals surface area contributed by atoms with Gasteiger partial charge in [-0.05, 0) is 38.6 Å². The summed E-state index contributed by atoms with van der Waals surface area (Å²) in [4.78, 5) is 0. The molecule has 2 nitrogen and oxygen atoms in total. The van der Waals surface area contributed by atoms with E-state index < -0.39 is 0 Å². The van der Waals surface area contributed by atoms with Gasteiger partial charge in [-0.25, -0.2) is 0 Å². The molecule has 1 fully saturated rings. The molecule has 0 aromatic heterocycles. The summed E-state index contributed by atoms with van der Waals surface area (Å²) in [6, 6.07) is 0. The van der Waals surface area contributed by atoms with Gasteiger partial charge in [0, 0.05) is 13.2 Å². The van der Waals surface area contributed by atoms with Crippen molar-refractivity contribution in [1.82, 2.24) is 5.32 Å². The van der Waals surface area contributed by atoms with E-state index in [9.17, 15) is 0 Å². The molecule has 0 spiro atoms. The Morgan fingerprint density at radius 2 is 2.07 bits per heavy atom. The largest absolute Gasteiger partial charge is 0.377 e. The first-order valence-corrected chi connectivity index (χ1v) is 6.15. The molecule has 0 aromatic rings. The van der Waals surface area contributed by atoms with E-state index in [1.165, 1.54) is 32.1 Å². The zero-order valence-electron chi connectivity index (χ0n) is 9.72. The Morgan fingerprint density at radius 3 is 2.71 bits per heavy atom. The predicted molar refractivity (Wildman–Crippen MR) is 60.5 cm³/mol. The number of rotatable bonds is 7. The molecule has 1 saturated carbocycles. The lowest BCUT2D eigenvalue weighted by Gasteiger charge is -2.16. The minimum atomic E-state index is 0.377. The van der Waals surface area contributed by atoms with Crippen molar-refractivity contribution in [2.45, 2.75) is 52.1 Å². The molecule has 84 valence electrons. The molecule has 1 N–H and O–H groups in total. The molecule has 0 bridgehead atoms. The van der Waals surface area contributed by atoms with Crippen LogP contribution >= 0.6 is 0 Å². The zero-order chi connectivity index (χ0) is 10.2. The SMILES string of the molecule is CCCNCC(C)OCC1CCCC1. The van der Waals surface area contributed by atoms with Crippen molar-refractivity contribution in [3.63, 3.8) is 0 Å². The van der Waals surface area contributed by atoms with Crippen molar-refractivity contribution < 1.29 is 4.74 Å². The van der Waals surface area contributed by atoms with Crippen LogP contribution in [0, 0.1) is 5.92 Å². The van der Waals surface area contributed by atoms with Crippen LogP contribution in [-0.4, -0.2) is 25.8 Å². The lowest BCUT2D eigenvalue weighted by atomic mass is 10.1. The van der Waals surface area contributed by atoms with E-state index in [0.717, 1.165) is 25.6 Å². The molecule has 0 saturated heterocycles. The van der Waals surface area contributed by atoms with Crippen LogP contribution in [0.5, 0.6) is 0 Å². The predicted octanol–water partition coefficient (Wildman–Crippen LogP) is 2.58. The molecular weight excluding hydrogens is 174 g/mol. The Balaban J connectivity index is 1.93. The maximum Gasteiger partial charge on any atom is 0.0671 e. The molecule has 0 aliphatic heterocycles. The summed E-state index contributed by atoms with van der Waals surface area (Å²) < 4.78 is 5.81. The summed E-state index contributed by atoms with van der Waals surface area (Å²) in [7, 11) is 0. The van der Waals surface area contributed by atoms with Crippen LogP contribution in [0.15, 0.2) is 0 Å². The van der Waals surface area contributed by atoms with Crippen LogP contribution in [0.3, 0.4) is 0 Å². The van der Waals surface area contributed by atoms with Gasteiger partial charge in [0.1, 0.15) is 0 Å². The molecule has 1 aliphatic carbocycles. The number of nitrogens with one attached hydrogen (secondary N) is 1. The normalized spacial score (nSPS) is 20.1. The first-order chi connectivity index (χ1) is 6.83. The minimum absolute atomic E-state index is 0.377. The van der Waals surface area contributed by atoms with E-state index in [4.69, 9.17) is 4.74 Å². The average molecular weight is 199 g/mol. The highest BCUT2D eigenvalue weighted by Gasteiger charge is 2.15. The topological polar surface area (TPSA) is 21.3 Å². The maximum absolute atomic E-state index is 5.81.